The van der Waals surface area contributed by atoms with Gasteiger partial charge in [-0.1, -0.05) is 0 Å². The molecule has 124 valence electrons. The second-order valence-corrected chi connectivity index (χ2v) is 5.77. The molecule has 0 fully saturated rings. The van der Waals surface area contributed by atoms with E-state index in [0.29, 0.717) is 28.0 Å². The van der Waals surface area contributed by atoms with Gasteiger partial charge in [-0.3, -0.25) is 4.79 Å². The first-order chi connectivity index (χ1) is 12.0. The van der Waals surface area contributed by atoms with E-state index in [1.807, 2.05) is 6.07 Å². The average Bonchev–Trinajstić information content (AvgIpc) is 3.17. The minimum atomic E-state index is -1.03. The van der Waals surface area contributed by atoms with Crippen LogP contribution >= 0.6 is 0 Å². The Labute approximate surface area is 141 Å². The fraction of sp³-hybridized carbons (Fsp3) is 0. The van der Waals surface area contributed by atoms with Gasteiger partial charge in [0, 0.05) is 33.2 Å². The third kappa shape index (κ3) is 2.67. The molecule has 2 aromatic carbocycles. The highest BCUT2D eigenvalue weighted by molar-refractivity contribution is 6.07. The minimum absolute atomic E-state index is 0.103. The zero-order chi connectivity index (χ0) is 17.6. The third-order valence-corrected chi connectivity index (χ3v) is 4.00. The lowest BCUT2D eigenvalue weighted by Crippen LogP contribution is -2.11. The zero-order valence-corrected chi connectivity index (χ0v) is 13.0. The van der Waals surface area contributed by atoms with Crippen molar-refractivity contribution in [2.75, 3.05) is 11.1 Å². The molecule has 4 rings (SSSR count). The molecule has 0 bridgehead atoms. The van der Waals surface area contributed by atoms with Crippen LogP contribution in [0.5, 0.6) is 0 Å². The number of nitrogens with one attached hydrogen (secondary N) is 3. The van der Waals surface area contributed by atoms with Crippen LogP contribution in [0.4, 0.5) is 11.4 Å². The molecule has 0 aliphatic carbocycles. The van der Waals surface area contributed by atoms with Gasteiger partial charge in [-0.05, 0) is 48.5 Å². The Morgan fingerprint density at radius 2 is 1.52 bits per heavy atom. The van der Waals surface area contributed by atoms with E-state index in [4.69, 9.17) is 10.8 Å². The Bertz CT molecular complexity index is 1140. The first-order valence-electron chi connectivity index (χ1n) is 7.55. The monoisotopic (exact) mass is 334 g/mol. The normalized spacial score (nSPS) is 11.0. The van der Waals surface area contributed by atoms with E-state index in [9.17, 15) is 9.59 Å². The number of amides is 1. The predicted octanol–water partition coefficient (Wildman–Crippen LogP) is 3.18. The molecule has 0 aliphatic heterocycles. The molecule has 0 radical (unpaired) electrons. The van der Waals surface area contributed by atoms with Crippen molar-refractivity contribution in [3.05, 3.63) is 59.9 Å². The van der Waals surface area contributed by atoms with E-state index < -0.39 is 5.97 Å². The smallest absolute Gasteiger partial charge is 0.352 e. The summed E-state index contributed by atoms with van der Waals surface area (Å²) in [5, 5.41) is 13.4. The van der Waals surface area contributed by atoms with Crippen molar-refractivity contribution >= 4 is 45.1 Å². The number of aromatic amines is 2. The molecule has 0 saturated heterocycles. The molecule has 4 aromatic rings. The Morgan fingerprint density at radius 3 is 2.28 bits per heavy atom. The first kappa shape index (κ1) is 14.8. The molecule has 0 unspecified atom stereocenters. The number of hydrogen-bond donors (Lipinski definition) is 5. The Balaban J connectivity index is 1.62. The van der Waals surface area contributed by atoms with Crippen molar-refractivity contribution < 1.29 is 14.7 Å². The van der Waals surface area contributed by atoms with Gasteiger partial charge in [-0.2, -0.15) is 0 Å². The fourth-order valence-electron chi connectivity index (χ4n) is 2.80. The number of anilines is 2. The summed E-state index contributed by atoms with van der Waals surface area (Å²) in [7, 11) is 0. The summed E-state index contributed by atoms with van der Waals surface area (Å²) >= 11 is 0. The van der Waals surface area contributed by atoms with Crippen molar-refractivity contribution in [3.8, 4) is 0 Å². The van der Waals surface area contributed by atoms with Crippen LogP contribution in [0.25, 0.3) is 21.8 Å². The maximum atomic E-state index is 12.4. The number of fused-ring (bicyclic) bond motifs is 2. The summed E-state index contributed by atoms with van der Waals surface area (Å²) in [6.07, 6.45) is 0. The van der Waals surface area contributed by atoms with E-state index >= 15 is 0 Å². The second-order valence-electron chi connectivity index (χ2n) is 5.77. The summed E-state index contributed by atoms with van der Waals surface area (Å²) in [5.41, 5.74) is 8.99. The molecule has 0 aliphatic rings. The number of nitrogen functional groups attached to an aromatic ring is 1. The van der Waals surface area contributed by atoms with Gasteiger partial charge in [0.1, 0.15) is 11.4 Å². The summed E-state index contributed by atoms with van der Waals surface area (Å²) < 4.78 is 0. The number of carboxylic acids is 1. The summed E-state index contributed by atoms with van der Waals surface area (Å²) in [6.45, 7) is 0. The number of carboxylic acid groups (broad SMARTS) is 1. The third-order valence-electron chi connectivity index (χ3n) is 4.00. The van der Waals surface area contributed by atoms with Crippen LogP contribution in [-0.4, -0.2) is 27.0 Å². The van der Waals surface area contributed by atoms with Crippen LogP contribution in [0, 0.1) is 0 Å². The lowest BCUT2D eigenvalue weighted by Gasteiger charge is -2.03. The standard InChI is InChI=1S/C18H14N4O3/c19-11-1-3-13-9(5-11)7-15(21-13)17(23)20-12-2-4-14-10(6-12)8-16(22-14)18(24)25/h1-8,21-22H,19H2,(H,20,23)(H,24,25). The highest BCUT2D eigenvalue weighted by atomic mass is 16.4. The van der Waals surface area contributed by atoms with E-state index in [0.717, 1.165) is 10.9 Å². The van der Waals surface area contributed by atoms with Crippen LogP contribution < -0.4 is 11.1 Å². The Morgan fingerprint density at radius 1 is 0.880 bits per heavy atom. The molecule has 7 nitrogen and oxygen atoms in total. The number of hydrogen-bond acceptors (Lipinski definition) is 3. The number of rotatable bonds is 3. The van der Waals surface area contributed by atoms with Crippen molar-refractivity contribution in [1.29, 1.82) is 0 Å². The van der Waals surface area contributed by atoms with Gasteiger partial charge < -0.3 is 26.1 Å². The van der Waals surface area contributed by atoms with Crippen LogP contribution in [-0.2, 0) is 0 Å². The zero-order valence-electron chi connectivity index (χ0n) is 13.0. The molecule has 6 N–H and O–H groups in total. The number of carbonyl (C=O) groups is 2. The van der Waals surface area contributed by atoms with Crippen molar-refractivity contribution in [1.82, 2.24) is 9.97 Å². The SMILES string of the molecule is Nc1ccc2[nH]c(C(=O)Nc3ccc4[nH]c(C(=O)O)cc4c3)cc2c1. The summed E-state index contributed by atoms with van der Waals surface area (Å²) in [5.74, 6) is -1.32. The lowest BCUT2D eigenvalue weighted by molar-refractivity contribution is 0.0691. The number of benzene rings is 2. The van der Waals surface area contributed by atoms with E-state index in [1.54, 1.807) is 36.4 Å². The van der Waals surface area contributed by atoms with Gasteiger partial charge in [0.15, 0.2) is 0 Å². The van der Waals surface area contributed by atoms with Crippen molar-refractivity contribution in [3.63, 3.8) is 0 Å². The number of H-pyrrole nitrogens is 2. The van der Waals surface area contributed by atoms with E-state index in [2.05, 4.69) is 15.3 Å². The van der Waals surface area contributed by atoms with Crippen LogP contribution in [0.2, 0.25) is 0 Å². The Hall–Kier alpha value is -3.74. The minimum Gasteiger partial charge on any atom is -0.477 e. The van der Waals surface area contributed by atoms with Gasteiger partial charge in [0.2, 0.25) is 0 Å². The van der Waals surface area contributed by atoms with E-state index in [-0.39, 0.29) is 11.6 Å². The maximum absolute atomic E-state index is 12.4. The van der Waals surface area contributed by atoms with Gasteiger partial charge >= 0.3 is 5.97 Å². The fourth-order valence-corrected chi connectivity index (χ4v) is 2.80. The summed E-state index contributed by atoms with van der Waals surface area (Å²) in [6, 6.07) is 13.8. The van der Waals surface area contributed by atoms with Crippen LogP contribution in [0.15, 0.2) is 48.5 Å². The highest BCUT2D eigenvalue weighted by Crippen LogP contribution is 2.22. The van der Waals surface area contributed by atoms with Crippen molar-refractivity contribution in [2.24, 2.45) is 0 Å². The first-order valence-corrected chi connectivity index (χ1v) is 7.55. The molecular weight excluding hydrogens is 320 g/mol. The molecule has 2 aromatic heterocycles. The highest BCUT2D eigenvalue weighted by Gasteiger charge is 2.12. The second kappa shape index (κ2) is 5.41. The van der Waals surface area contributed by atoms with Crippen LogP contribution in [0.1, 0.15) is 21.0 Å². The lowest BCUT2D eigenvalue weighted by atomic mass is 10.2. The molecule has 1 amide bonds. The van der Waals surface area contributed by atoms with Gasteiger partial charge in [0.25, 0.3) is 5.91 Å². The molecular formula is C18H14N4O3. The molecule has 0 atom stereocenters. The maximum Gasteiger partial charge on any atom is 0.352 e. The van der Waals surface area contributed by atoms with Gasteiger partial charge in [-0.25, -0.2) is 4.79 Å². The van der Waals surface area contributed by atoms with Gasteiger partial charge in [0.05, 0.1) is 0 Å². The summed E-state index contributed by atoms with van der Waals surface area (Å²) in [4.78, 5) is 29.3. The number of aromatic nitrogens is 2. The number of nitrogens with two attached hydrogens (primary N) is 1. The topological polar surface area (TPSA) is 124 Å². The number of carbonyl (C=O) groups excluding carboxylic acids is 1. The largest absolute Gasteiger partial charge is 0.477 e. The van der Waals surface area contributed by atoms with E-state index in [1.165, 1.54) is 6.07 Å². The quantitative estimate of drug-likeness (QED) is 0.369. The van der Waals surface area contributed by atoms with Crippen molar-refractivity contribution in [2.45, 2.75) is 0 Å². The van der Waals surface area contributed by atoms with Crippen LogP contribution in [0.3, 0.4) is 0 Å². The molecule has 0 spiro atoms. The molecule has 2 heterocycles. The average molecular weight is 334 g/mol. The Kier molecular flexibility index (Phi) is 3.21. The number of aromatic carboxylic acids is 1. The molecule has 7 heteroatoms. The predicted molar refractivity (Wildman–Crippen MR) is 95.9 cm³/mol. The molecule has 25 heavy (non-hydrogen) atoms. The van der Waals surface area contributed by atoms with Gasteiger partial charge in [-0.15, -0.1) is 0 Å². The molecule has 0 saturated carbocycles.